The third-order valence-corrected chi connectivity index (χ3v) is 4.75. The number of benzene rings is 2. The van der Waals surface area contributed by atoms with Crippen molar-refractivity contribution in [2.45, 2.75) is 13.0 Å². The maximum Gasteiger partial charge on any atom is 0.415 e. The molecular weight excluding hydrogens is 342 g/mol. The Kier molecular flexibility index (Phi) is 4.56. The van der Waals surface area contributed by atoms with Gasteiger partial charge < -0.3 is 4.74 Å². The first-order chi connectivity index (χ1) is 13.2. The first-order valence-electron chi connectivity index (χ1n) is 8.85. The molecule has 2 aromatic carbocycles. The van der Waals surface area contributed by atoms with Crippen LogP contribution in [0.2, 0.25) is 0 Å². The molecule has 2 N–H and O–H groups in total. The van der Waals surface area contributed by atoms with E-state index in [-0.39, 0.29) is 0 Å². The smallest absolute Gasteiger partial charge is 0.385 e. The van der Waals surface area contributed by atoms with Gasteiger partial charge in [0.1, 0.15) is 5.39 Å². The summed E-state index contributed by atoms with van der Waals surface area (Å²) in [6, 6.07) is 15.9. The summed E-state index contributed by atoms with van der Waals surface area (Å²) in [5.74, 6) is 0. The number of methoxy groups -OCH3 is 1. The van der Waals surface area contributed by atoms with Gasteiger partial charge in [-0.05, 0) is 22.4 Å². The Labute approximate surface area is 155 Å². The minimum Gasteiger partial charge on any atom is -0.385 e. The fourth-order valence-corrected chi connectivity index (χ4v) is 3.52. The zero-order valence-corrected chi connectivity index (χ0v) is 15.0. The molecule has 0 spiro atoms. The zero-order chi connectivity index (χ0) is 18.8. The van der Waals surface area contributed by atoms with E-state index in [0.29, 0.717) is 30.6 Å². The molecule has 27 heavy (non-hydrogen) atoms. The van der Waals surface area contributed by atoms with Gasteiger partial charge in [-0.2, -0.15) is 4.57 Å². The highest BCUT2D eigenvalue weighted by Crippen LogP contribution is 2.30. The van der Waals surface area contributed by atoms with Crippen molar-refractivity contribution in [3.63, 3.8) is 0 Å². The molecule has 0 unspecified atom stereocenters. The van der Waals surface area contributed by atoms with Crippen LogP contribution in [0.4, 0.5) is 0 Å². The molecule has 0 saturated carbocycles. The Balaban J connectivity index is 2.01. The number of H-pyrrole nitrogens is 2. The summed E-state index contributed by atoms with van der Waals surface area (Å²) in [5, 5.41) is 2.63. The van der Waals surface area contributed by atoms with E-state index in [4.69, 9.17) is 4.74 Å². The largest absolute Gasteiger partial charge is 0.415 e. The summed E-state index contributed by atoms with van der Waals surface area (Å²) in [6.07, 6.45) is 2.44. The Bertz CT molecular complexity index is 1240. The normalized spacial score (nSPS) is 11.3. The lowest BCUT2D eigenvalue weighted by molar-refractivity contribution is -0.349. The Hall–Kier alpha value is -3.25. The molecule has 0 amide bonds. The van der Waals surface area contributed by atoms with E-state index in [1.165, 1.54) is 0 Å². The highest BCUT2D eigenvalue weighted by atomic mass is 16.5. The SMILES string of the molecule is COCCCn1c(=O)[nH]c(=O)c2c(-c3cccc4ccccc34)cc[nH+]c21. The summed E-state index contributed by atoms with van der Waals surface area (Å²) in [7, 11) is 1.62. The van der Waals surface area contributed by atoms with Crippen molar-refractivity contribution in [1.29, 1.82) is 0 Å². The monoisotopic (exact) mass is 362 g/mol. The number of aromatic nitrogens is 3. The van der Waals surface area contributed by atoms with Crippen LogP contribution in [0.5, 0.6) is 0 Å². The van der Waals surface area contributed by atoms with Crippen LogP contribution < -0.4 is 16.2 Å². The molecule has 6 nitrogen and oxygen atoms in total. The van der Waals surface area contributed by atoms with Gasteiger partial charge in [0.25, 0.3) is 11.2 Å². The quantitative estimate of drug-likeness (QED) is 0.554. The molecule has 0 saturated heterocycles. The van der Waals surface area contributed by atoms with E-state index >= 15 is 0 Å². The topological polar surface area (TPSA) is 78.2 Å². The van der Waals surface area contributed by atoms with Crippen molar-refractivity contribution < 1.29 is 9.72 Å². The first-order valence-corrected chi connectivity index (χ1v) is 8.85. The van der Waals surface area contributed by atoms with Gasteiger partial charge in [-0.15, -0.1) is 0 Å². The molecule has 2 heterocycles. The summed E-state index contributed by atoms with van der Waals surface area (Å²) in [4.78, 5) is 30.6. The lowest BCUT2D eigenvalue weighted by Crippen LogP contribution is -2.34. The van der Waals surface area contributed by atoms with Crippen LogP contribution in [0.15, 0.2) is 64.3 Å². The van der Waals surface area contributed by atoms with E-state index in [9.17, 15) is 9.59 Å². The molecule has 0 bridgehead atoms. The van der Waals surface area contributed by atoms with Crippen molar-refractivity contribution in [3.05, 3.63) is 75.6 Å². The van der Waals surface area contributed by atoms with E-state index in [1.54, 1.807) is 17.9 Å². The molecule has 0 radical (unpaired) electrons. The van der Waals surface area contributed by atoms with Crippen LogP contribution in [-0.4, -0.2) is 23.3 Å². The fraction of sp³-hybridized carbons (Fsp3) is 0.190. The maximum atomic E-state index is 12.7. The van der Waals surface area contributed by atoms with Gasteiger partial charge in [-0.1, -0.05) is 42.5 Å². The number of ether oxygens (including phenoxy) is 1. The second-order valence-corrected chi connectivity index (χ2v) is 6.40. The minimum absolute atomic E-state index is 0.391. The molecule has 2 aromatic heterocycles. The van der Waals surface area contributed by atoms with Crippen molar-refractivity contribution in [2.75, 3.05) is 13.7 Å². The minimum atomic E-state index is -0.421. The molecule has 136 valence electrons. The average Bonchev–Trinajstić information content (AvgIpc) is 2.69. The summed E-state index contributed by atoms with van der Waals surface area (Å²) < 4.78 is 6.64. The maximum absolute atomic E-state index is 12.7. The average molecular weight is 362 g/mol. The van der Waals surface area contributed by atoms with Gasteiger partial charge in [0.15, 0.2) is 0 Å². The van der Waals surface area contributed by atoms with Crippen LogP contribution in [-0.2, 0) is 11.3 Å². The number of nitrogens with zero attached hydrogens (tertiary/aromatic N) is 1. The van der Waals surface area contributed by atoms with Crippen molar-refractivity contribution in [1.82, 2.24) is 9.55 Å². The molecule has 0 aliphatic carbocycles. The molecule has 4 rings (SSSR count). The zero-order valence-electron chi connectivity index (χ0n) is 15.0. The molecule has 0 aliphatic rings. The summed E-state index contributed by atoms with van der Waals surface area (Å²) in [6.45, 7) is 0.992. The second kappa shape index (κ2) is 7.17. The highest BCUT2D eigenvalue weighted by molar-refractivity contribution is 6.02. The van der Waals surface area contributed by atoms with Gasteiger partial charge in [-0.3, -0.25) is 9.78 Å². The van der Waals surface area contributed by atoms with Crippen LogP contribution >= 0.6 is 0 Å². The predicted octanol–water partition coefficient (Wildman–Crippen LogP) is 2.36. The fourth-order valence-electron chi connectivity index (χ4n) is 3.52. The molecule has 0 atom stereocenters. The third-order valence-electron chi connectivity index (χ3n) is 4.75. The molecular formula is C21H20N3O3+. The number of hydrogen-bond acceptors (Lipinski definition) is 3. The van der Waals surface area contributed by atoms with E-state index in [1.807, 2.05) is 48.5 Å². The summed E-state index contributed by atoms with van der Waals surface area (Å²) in [5.41, 5.74) is 1.46. The number of hydrogen-bond donors (Lipinski definition) is 1. The highest BCUT2D eigenvalue weighted by Gasteiger charge is 2.19. The second-order valence-electron chi connectivity index (χ2n) is 6.40. The van der Waals surface area contributed by atoms with E-state index in [2.05, 4.69) is 9.97 Å². The molecule has 0 aliphatic heterocycles. The van der Waals surface area contributed by atoms with Gasteiger partial charge in [0.05, 0.1) is 12.7 Å². The summed E-state index contributed by atoms with van der Waals surface area (Å²) >= 11 is 0. The van der Waals surface area contributed by atoms with Gasteiger partial charge in [0, 0.05) is 25.7 Å². The van der Waals surface area contributed by atoms with E-state index in [0.717, 1.165) is 21.9 Å². The van der Waals surface area contributed by atoms with Crippen LogP contribution in [0.25, 0.3) is 32.9 Å². The van der Waals surface area contributed by atoms with Crippen LogP contribution in [0.3, 0.4) is 0 Å². The molecule has 4 aromatic rings. The third kappa shape index (κ3) is 3.04. The molecule has 6 heteroatoms. The van der Waals surface area contributed by atoms with Crippen molar-refractivity contribution >= 4 is 21.8 Å². The Morgan fingerprint density at radius 2 is 1.85 bits per heavy atom. The number of pyridine rings is 1. The van der Waals surface area contributed by atoms with Crippen LogP contribution in [0, 0.1) is 0 Å². The van der Waals surface area contributed by atoms with Crippen molar-refractivity contribution in [2.24, 2.45) is 0 Å². The van der Waals surface area contributed by atoms with Gasteiger partial charge in [-0.25, -0.2) is 9.78 Å². The number of fused-ring (bicyclic) bond motifs is 2. The number of aryl methyl sites for hydroxylation is 1. The predicted molar refractivity (Wildman–Crippen MR) is 105 cm³/mol. The van der Waals surface area contributed by atoms with Crippen LogP contribution in [0.1, 0.15) is 6.42 Å². The lowest BCUT2D eigenvalue weighted by Gasteiger charge is -2.09. The van der Waals surface area contributed by atoms with E-state index < -0.39 is 11.2 Å². The first kappa shape index (κ1) is 17.2. The standard InChI is InChI=1S/C21H19N3O3/c1-27-13-5-12-24-19-18(20(25)23-21(24)26)17(10-11-22-19)16-9-4-7-14-6-2-3-8-15(14)16/h2-4,6-11H,5,12-13H2,1H3,(H,23,25,26)/p+1. The number of nitrogens with one attached hydrogen (secondary N) is 2. The van der Waals surface area contributed by atoms with Gasteiger partial charge in [0.2, 0.25) is 0 Å². The number of rotatable bonds is 5. The lowest BCUT2D eigenvalue weighted by atomic mass is 9.97. The Morgan fingerprint density at radius 3 is 2.70 bits per heavy atom. The van der Waals surface area contributed by atoms with Crippen molar-refractivity contribution in [3.8, 4) is 11.1 Å². The molecule has 0 fully saturated rings. The van der Waals surface area contributed by atoms with Gasteiger partial charge >= 0.3 is 5.69 Å². The Morgan fingerprint density at radius 1 is 1.04 bits per heavy atom. The number of aromatic amines is 2.